The number of ketones is 1. The van der Waals surface area contributed by atoms with Crippen LogP contribution in [0.3, 0.4) is 0 Å². The van der Waals surface area contributed by atoms with Crippen molar-refractivity contribution in [2.24, 2.45) is 0 Å². The van der Waals surface area contributed by atoms with Crippen molar-refractivity contribution in [1.82, 2.24) is 4.90 Å². The molecule has 0 bridgehead atoms. The summed E-state index contributed by atoms with van der Waals surface area (Å²) in [6.07, 6.45) is 2.29. The molecular formula is C13H11Cl2NO. The van der Waals surface area contributed by atoms with Gasteiger partial charge < -0.3 is 4.90 Å². The highest BCUT2D eigenvalue weighted by atomic mass is 35.5. The van der Waals surface area contributed by atoms with Gasteiger partial charge in [0.1, 0.15) is 0 Å². The van der Waals surface area contributed by atoms with Crippen LogP contribution in [0, 0.1) is 12.0 Å². The molecule has 1 aliphatic rings. The van der Waals surface area contributed by atoms with Crippen LogP contribution in [-0.2, 0) is 0 Å². The van der Waals surface area contributed by atoms with Crippen LogP contribution in [0.5, 0.6) is 0 Å². The number of carbonyl (C=O) groups is 1. The first kappa shape index (κ1) is 12.3. The molecule has 0 saturated carbocycles. The number of nitrogens with zero attached hydrogens (tertiary/aromatic N) is 1. The summed E-state index contributed by atoms with van der Waals surface area (Å²) in [4.78, 5) is 13.8. The van der Waals surface area contributed by atoms with Gasteiger partial charge in [0.2, 0.25) is 5.78 Å². The number of carbonyl (C=O) groups excluding carboxylic acids is 1. The monoisotopic (exact) mass is 267 g/mol. The molecule has 1 aliphatic heterocycles. The lowest BCUT2D eigenvalue weighted by molar-refractivity contribution is 0.105. The van der Waals surface area contributed by atoms with Crippen molar-refractivity contribution in [1.29, 1.82) is 0 Å². The minimum absolute atomic E-state index is 0.265. The van der Waals surface area contributed by atoms with Crippen LogP contribution < -0.4 is 0 Å². The molecule has 2 rings (SSSR count). The summed E-state index contributed by atoms with van der Waals surface area (Å²) >= 11 is 11.7. The fourth-order valence-corrected chi connectivity index (χ4v) is 2.19. The molecule has 0 N–H and O–H groups in total. The van der Waals surface area contributed by atoms with E-state index in [0.29, 0.717) is 15.6 Å². The second-order valence-electron chi connectivity index (χ2n) is 3.88. The Kier molecular flexibility index (Phi) is 3.93. The molecule has 1 aromatic rings. The first-order chi connectivity index (χ1) is 8.16. The number of hydrogen-bond acceptors (Lipinski definition) is 2. The first-order valence-electron chi connectivity index (χ1n) is 5.43. The smallest absolute Gasteiger partial charge is 0.239 e. The minimum atomic E-state index is -0.265. The van der Waals surface area contributed by atoms with Gasteiger partial charge in [0.15, 0.2) is 0 Å². The van der Waals surface area contributed by atoms with E-state index in [1.165, 1.54) is 0 Å². The number of Topliss-reactive ketones (excluding diaryl/α,β-unsaturated/α-hetero) is 1. The van der Waals surface area contributed by atoms with E-state index in [4.69, 9.17) is 23.2 Å². The number of likely N-dealkylation sites (tertiary alicyclic amines) is 1. The maximum Gasteiger partial charge on any atom is 0.239 e. The number of benzene rings is 1. The molecule has 1 saturated heterocycles. The third-order valence-electron chi connectivity index (χ3n) is 2.61. The Hall–Kier alpha value is -1.17. The third-order valence-corrected chi connectivity index (χ3v) is 3.16. The zero-order chi connectivity index (χ0) is 12.3. The molecule has 0 unspecified atom stereocenters. The molecule has 0 spiro atoms. The van der Waals surface area contributed by atoms with E-state index in [1.807, 2.05) is 4.90 Å². The van der Waals surface area contributed by atoms with E-state index >= 15 is 0 Å². The maximum absolute atomic E-state index is 11.8. The Balaban J connectivity index is 2.13. The number of rotatable bonds is 1. The van der Waals surface area contributed by atoms with Crippen LogP contribution in [0.4, 0.5) is 0 Å². The summed E-state index contributed by atoms with van der Waals surface area (Å²) < 4.78 is 0. The predicted octanol–water partition coefficient (Wildman–Crippen LogP) is 3.23. The van der Waals surface area contributed by atoms with Crippen molar-refractivity contribution in [3.8, 4) is 12.0 Å². The van der Waals surface area contributed by atoms with E-state index in [2.05, 4.69) is 12.0 Å². The molecule has 0 atom stereocenters. The molecule has 1 heterocycles. The van der Waals surface area contributed by atoms with Crippen molar-refractivity contribution < 1.29 is 4.79 Å². The zero-order valence-corrected chi connectivity index (χ0v) is 10.7. The van der Waals surface area contributed by atoms with E-state index in [-0.39, 0.29) is 5.78 Å². The van der Waals surface area contributed by atoms with Crippen molar-refractivity contribution in [2.75, 3.05) is 13.1 Å². The van der Waals surface area contributed by atoms with E-state index in [0.717, 1.165) is 25.9 Å². The molecule has 0 radical (unpaired) electrons. The summed E-state index contributed by atoms with van der Waals surface area (Å²) in [6, 6.07) is 7.65. The van der Waals surface area contributed by atoms with Gasteiger partial charge in [-0.05, 0) is 37.0 Å². The Morgan fingerprint density at radius 1 is 1.24 bits per heavy atom. The van der Waals surface area contributed by atoms with Crippen molar-refractivity contribution in [3.63, 3.8) is 0 Å². The lowest BCUT2D eigenvalue weighted by atomic mass is 10.1. The molecule has 2 nitrogen and oxygen atoms in total. The van der Waals surface area contributed by atoms with Gasteiger partial charge in [-0.2, -0.15) is 0 Å². The Bertz CT molecular complexity index is 496. The third kappa shape index (κ3) is 3.15. The Morgan fingerprint density at radius 3 is 2.59 bits per heavy atom. The van der Waals surface area contributed by atoms with Crippen LogP contribution in [-0.4, -0.2) is 23.8 Å². The second kappa shape index (κ2) is 5.44. The SMILES string of the molecule is O=C(C#CN1CCCC1)c1ccc(Cl)cc1Cl. The van der Waals surface area contributed by atoms with Crippen molar-refractivity contribution >= 4 is 29.0 Å². The molecule has 17 heavy (non-hydrogen) atoms. The lowest BCUT2D eigenvalue weighted by Crippen LogP contribution is -2.12. The van der Waals surface area contributed by atoms with Gasteiger partial charge in [0.05, 0.1) is 5.02 Å². The van der Waals surface area contributed by atoms with E-state index < -0.39 is 0 Å². The average molecular weight is 268 g/mol. The van der Waals surface area contributed by atoms with Gasteiger partial charge in [0, 0.05) is 29.7 Å². The molecule has 1 aromatic carbocycles. The summed E-state index contributed by atoms with van der Waals surface area (Å²) in [7, 11) is 0. The van der Waals surface area contributed by atoms with Crippen molar-refractivity contribution in [3.05, 3.63) is 33.8 Å². The summed E-state index contributed by atoms with van der Waals surface area (Å²) in [5.41, 5.74) is 0.405. The summed E-state index contributed by atoms with van der Waals surface area (Å²) in [5, 5.41) is 0.859. The van der Waals surface area contributed by atoms with Crippen LogP contribution in [0.25, 0.3) is 0 Å². The quantitative estimate of drug-likeness (QED) is 0.575. The lowest BCUT2D eigenvalue weighted by Gasteiger charge is -2.05. The van der Waals surface area contributed by atoms with Crippen molar-refractivity contribution in [2.45, 2.75) is 12.8 Å². The van der Waals surface area contributed by atoms with Gasteiger partial charge in [0.25, 0.3) is 0 Å². The topological polar surface area (TPSA) is 20.3 Å². The van der Waals surface area contributed by atoms with Gasteiger partial charge in [-0.3, -0.25) is 4.79 Å². The van der Waals surface area contributed by atoms with Gasteiger partial charge in [-0.15, -0.1) is 0 Å². The van der Waals surface area contributed by atoms with E-state index in [9.17, 15) is 4.79 Å². The Labute approximate surface area is 111 Å². The molecule has 0 amide bonds. The highest BCUT2D eigenvalue weighted by Crippen LogP contribution is 2.21. The van der Waals surface area contributed by atoms with Crippen LogP contribution in [0.15, 0.2) is 18.2 Å². The normalized spacial score (nSPS) is 14.4. The predicted molar refractivity (Wildman–Crippen MR) is 69.4 cm³/mol. The largest absolute Gasteiger partial charge is 0.332 e. The minimum Gasteiger partial charge on any atom is -0.332 e. The maximum atomic E-state index is 11.8. The molecule has 1 fully saturated rings. The van der Waals surface area contributed by atoms with Gasteiger partial charge in [-0.25, -0.2) is 0 Å². The molecular weight excluding hydrogens is 257 g/mol. The summed E-state index contributed by atoms with van der Waals surface area (Å²) in [5.74, 6) is 2.35. The standard InChI is InChI=1S/C13H11Cl2NO/c14-10-3-4-11(12(15)9-10)13(17)5-8-16-6-1-2-7-16/h3-4,9H,1-2,6-7H2. The average Bonchev–Trinajstić information content (AvgIpc) is 2.78. The van der Waals surface area contributed by atoms with Crippen LogP contribution >= 0.6 is 23.2 Å². The zero-order valence-electron chi connectivity index (χ0n) is 9.17. The first-order valence-corrected chi connectivity index (χ1v) is 6.18. The number of hydrogen-bond donors (Lipinski definition) is 0. The van der Waals surface area contributed by atoms with E-state index in [1.54, 1.807) is 18.2 Å². The molecule has 4 heteroatoms. The van der Waals surface area contributed by atoms with Gasteiger partial charge in [-0.1, -0.05) is 23.2 Å². The fraction of sp³-hybridized carbons (Fsp3) is 0.308. The molecule has 0 aromatic heterocycles. The van der Waals surface area contributed by atoms with Gasteiger partial charge >= 0.3 is 0 Å². The fourth-order valence-electron chi connectivity index (χ4n) is 1.70. The highest BCUT2D eigenvalue weighted by molar-refractivity contribution is 6.37. The second-order valence-corrected chi connectivity index (χ2v) is 4.73. The highest BCUT2D eigenvalue weighted by Gasteiger charge is 2.10. The molecule has 0 aliphatic carbocycles. The van der Waals surface area contributed by atoms with Crippen LogP contribution in [0.2, 0.25) is 10.0 Å². The Morgan fingerprint density at radius 2 is 1.94 bits per heavy atom. The number of halogens is 2. The molecule has 88 valence electrons. The summed E-state index contributed by atoms with van der Waals surface area (Å²) in [6.45, 7) is 1.88. The van der Waals surface area contributed by atoms with Crippen LogP contribution in [0.1, 0.15) is 23.2 Å².